The van der Waals surface area contributed by atoms with Crippen molar-refractivity contribution >= 4 is 22.3 Å². The van der Waals surface area contributed by atoms with Gasteiger partial charge < -0.3 is 0 Å². The number of hydrogen-bond donors (Lipinski definition) is 0. The maximum Gasteiger partial charge on any atom is 0.194 e. The summed E-state index contributed by atoms with van der Waals surface area (Å²) in [6.45, 7) is 0. The molecule has 0 heterocycles. The number of rotatable bonds is 2. The minimum Gasteiger partial charge on any atom is -0.204 e. The van der Waals surface area contributed by atoms with Crippen molar-refractivity contribution in [3.8, 4) is 46.5 Å². The van der Waals surface area contributed by atoms with E-state index in [4.69, 9.17) is 0 Å². The fourth-order valence-corrected chi connectivity index (χ4v) is 5.59. The minimum atomic E-state index is -1.65. The molecular formula is C34H10F6N4. The van der Waals surface area contributed by atoms with Gasteiger partial charge in [-0.15, -0.1) is 0 Å². The monoisotopic (exact) mass is 588 g/mol. The summed E-state index contributed by atoms with van der Waals surface area (Å²) in [5, 5.41) is 39.5. The average molecular weight is 588 g/mol. The topological polar surface area (TPSA) is 95.2 Å². The number of halogens is 6. The molecule has 0 fully saturated rings. The Balaban J connectivity index is 1.70. The standard InChI is InChI=1S/C34H10F6N4/c35-25-7-17(8-26(36)33(25)39)15-1-3-21-23(5-15)31-30(20(13-43)14-44)22-4-2-16(18-9-27(37)34(40)28(38)10-18)6-24(22)32(31)29(21)19(11-41)12-42/h1-10H. The molecule has 0 spiro atoms. The van der Waals surface area contributed by atoms with Crippen LogP contribution in [0.2, 0.25) is 0 Å². The van der Waals surface area contributed by atoms with Crippen molar-refractivity contribution in [3.05, 3.63) is 129 Å². The van der Waals surface area contributed by atoms with Crippen LogP contribution < -0.4 is 0 Å². The Morgan fingerprint density at radius 3 is 1.02 bits per heavy atom. The van der Waals surface area contributed by atoms with Gasteiger partial charge in [0.05, 0.1) is 0 Å². The maximum atomic E-state index is 14.1. The zero-order valence-electron chi connectivity index (χ0n) is 21.8. The molecule has 4 aromatic carbocycles. The van der Waals surface area contributed by atoms with Crippen molar-refractivity contribution < 1.29 is 26.3 Å². The SMILES string of the molecule is N#CC(C#N)=C1C2=C(C(=C(C#N)C#N)c3ccc(-c4cc(F)c(F)c(F)c4)cc32)c2cc(-c3cc(F)c(F)c(F)c3)ccc21. The lowest BCUT2D eigenvalue weighted by Crippen LogP contribution is -1.98. The van der Waals surface area contributed by atoms with E-state index in [-0.39, 0.29) is 55.7 Å². The van der Waals surface area contributed by atoms with Crippen LogP contribution >= 0.6 is 0 Å². The normalized spacial score (nSPS) is 12.5. The third kappa shape index (κ3) is 3.98. The van der Waals surface area contributed by atoms with E-state index in [9.17, 15) is 47.4 Å². The minimum absolute atomic E-state index is 0.0333. The number of benzene rings is 4. The van der Waals surface area contributed by atoms with Crippen molar-refractivity contribution in [1.29, 1.82) is 21.0 Å². The third-order valence-corrected chi connectivity index (χ3v) is 7.45. The van der Waals surface area contributed by atoms with Crippen molar-refractivity contribution in [2.45, 2.75) is 0 Å². The first kappa shape index (κ1) is 27.8. The summed E-state index contributed by atoms with van der Waals surface area (Å²) < 4.78 is 83.8. The van der Waals surface area contributed by atoms with Crippen LogP contribution in [0.5, 0.6) is 0 Å². The molecule has 0 N–H and O–H groups in total. The third-order valence-electron chi connectivity index (χ3n) is 7.45. The molecule has 44 heavy (non-hydrogen) atoms. The summed E-state index contributed by atoms with van der Waals surface area (Å²) in [5.41, 5.74) is 1.70. The Morgan fingerprint density at radius 2 is 0.727 bits per heavy atom. The molecule has 0 saturated heterocycles. The van der Waals surface area contributed by atoms with E-state index in [1.165, 1.54) is 36.4 Å². The molecule has 0 aromatic heterocycles. The first-order valence-electron chi connectivity index (χ1n) is 12.6. The first-order chi connectivity index (χ1) is 21.1. The average Bonchev–Trinajstić information content (AvgIpc) is 3.52. The summed E-state index contributed by atoms with van der Waals surface area (Å²) in [4.78, 5) is 0. The van der Waals surface area contributed by atoms with Crippen LogP contribution in [0.25, 0.3) is 44.5 Å². The van der Waals surface area contributed by atoms with Gasteiger partial charge in [0.15, 0.2) is 34.9 Å². The molecule has 0 saturated carbocycles. The highest BCUT2D eigenvalue weighted by molar-refractivity contribution is 6.38. The highest BCUT2D eigenvalue weighted by Gasteiger charge is 2.40. The molecule has 10 heteroatoms. The van der Waals surface area contributed by atoms with E-state index >= 15 is 0 Å². The van der Waals surface area contributed by atoms with Gasteiger partial charge in [-0.3, -0.25) is 0 Å². The lowest BCUT2D eigenvalue weighted by Gasteiger charge is -2.15. The van der Waals surface area contributed by atoms with Gasteiger partial charge in [0.2, 0.25) is 0 Å². The van der Waals surface area contributed by atoms with Gasteiger partial charge in [-0.05, 0) is 80.9 Å². The molecule has 208 valence electrons. The summed E-state index contributed by atoms with van der Waals surface area (Å²) in [7, 11) is 0. The molecule has 4 nitrogen and oxygen atoms in total. The smallest absolute Gasteiger partial charge is 0.194 e. The summed E-state index contributed by atoms with van der Waals surface area (Å²) in [6.07, 6.45) is 0. The lowest BCUT2D eigenvalue weighted by molar-refractivity contribution is 0.447. The van der Waals surface area contributed by atoms with Gasteiger partial charge in [0.25, 0.3) is 0 Å². The van der Waals surface area contributed by atoms with Gasteiger partial charge in [-0.2, -0.15) is 21.0 Å². The van der Waals surface area contributed by atoms with Crippen molar-refractivity contribution in [2.75, 3.05) is 0 Å². The van der Waals surface area contributed by atoms with E-state index in [2.05, 4.69) is 0 Å². The first-order valence-corrected chi connectivity index (χ1v) is 12.6. The van der Waals surface area contributed by atoms with Crippen molar-refractivity contribution in [2.24, 2.45) is 0 Å². The number of nitrogens with zero attached hydrogens (tertiary/aromatic N) is 4. The van der Waals surface area contributed by atoms with Gasteiger partial charge in [-0.25, -0.2) is 26.3 Å². The second-order valence-corrected chi connectivity index (χ2v) is 9.73. The molecule has 0 aliphatic heterocycles. The largest absolute Gasteiger partial charge is 0.204 e. The van der Waals surface area contributed by atoms with Crippen LogP contribution in [-0.2, 0) is 0 Å². The Bertz CT molecular complexity index is 2050. The molecule has 6 rings (SSSR count). The van der Waals surface area contributed by atoms with Crippen LogP contribution in [0.4, 0.5) is 26.3 Å². The van der Waals surface area contributed by atoms with Gasteiger partial charge in [0, 0.05) is 22.3 Å². The molecule has 2 aliphatic carbocycles. The van der Waals surface area contributed by atoms with Crippen LogP contribution in [0.1, 0.15) is 22.3 Å². The van der Waals surface area contributed by atoms with Gasteiger partial charge in [-0.1, -0.05) is 24.3 Å². The lowest BCUT2D eigenvalue weighted by atomic mass is 9.87. The molecular weight excluding hydrogens is 578 g/mol. The number of hydrogen-bond acceptors (Lipinski definition) is 4. The molecule has 0 radical (unpaired) electrons. The molecule has 0 unspecified atom stereocenters. The molecule has 0 amide bonds. The molecule has 2 aliphatic rings. The predicted octanol–water partition coefficient (Wildman–Crippen LogP) is 8.39. The predicted molar refractivity (Wildman–Crippen MR) is 147 cm³/mol. The number of nitriles is 4. The van der Waals surface area contributed by atoms with Crippen LogP contribution in [0.15, 0.2) is 71.8 Å². The Labute approximate surface area is 245 Å². The molecule has 4 aromatic rings. The zero-order chi connectivity index (χ0) is 31.4. The summed E-state index contributed by atoms with van der Waals surface area (Å²) >= 11 is 0. The van der Waals surface area contributed by atoms with E-state index in [1.807, 2.05) is 24.3 Å². The van der Waals surface area contributed by atoms with E-state index in [1.54, 1.807) is 0 Å². The van der Waals surface area contributed by atoms with Gasteiger partial charge >= 0.3 is 0 Å². The number of fused-ring (bicyclic) bond motifs is 4. The zero-order valence-corrected chi connectivity index (χ0v) is 21.8. The summed E-state index contributed by atoms with van der Waals surface area (Å²) in [6, 6.07) is 19.3. The molecule has 0 atom stereocenters. The maximum absolute atomic E-state index is 14.1. The van der Waals surface area contributed by atoms with E-state index in [0.29, 0.717) is 22.3 Å². The van der Waals surface area contributed by atoms with Crippen molar-refractivity contribution in [3.63, 3.8) is 0 Å². The highest BCUT2D eigenvalue weighted by atomic mass is 19.2. The molecule has 0 bridgehead atoms. The summed E-state index contributed by atoms with van der Waals surface area (Å²) in [5.74, 6) is -9.02. The van der Waals surface area contributed by atoms with Crippen molar-refractivity contribution in [1.82, 2.24) is 0 Å². The van der Waals surface area contributed by atoms with Crippen LogP contribution in [-0.4, -0.2) is 0 Å². The van der Waals surface area contributed by atoms with Crippen LogP contribution in [0.3, 0.4) is 0 Å². The van der Waals surface area contributed by atoms with E-state index < -0.39 is 34.9 Å². The van der Waals surface area contributed by atoms with E-state index in [0.717, 1.165) is 24.3 Å². The van der Waals surface area contributed by atoms with Gasteiger partial charge in [0.1, 0.15) is 35.4 Å². The fraction of sp³-hybridized carbons (Fsp3) is 0. The Kier molecular flexibility index (Phi) is 6.43. The highest BCUT2D eigenvalue weighted by Crippen LogP contribution is 2.59. The van der Waals surface area contributed by atoms with Crippen LogP contribution in [0, 0.1) is 80.2 Å². The second-order valence-electron chi connectivity index (χ2n) is 9.73. The number of allylic oxidation sites excluding steroid dienone is 6. The fourth-order valence-electron chi connectivity index (χ4n) is 5.59. The Hall–Kier alpha value is -6.36. The Morgan fingerprint density at radius 1 is 0.409 bits per heavy atom. The quantitative estimate of drug-likeness (QED) is 0.134. The second kappa shape index (κ2) is 10.2.